The van der Waals surface area contributed by atoms with Gasteiger partial charge >= 0.3 is 0 Å². The van der Waals surface area contributed by atoms with E-state index in [0.717, 1.165) is 61.4 Å². The number of aryl methyl sites for hydroxylation is 1. The van der Waals surface area contributed by atoms with Crippen LogP contribution in [0.1, 0.15) is 24.8 Å². The van der Waals surface area contributed by atoms with Crippen molar-refractivity contribution >= 4 is 17.1 Å². The molecule has 1 aliphatic heterocycles. The van der Waals surface area contributed by atoms with E-state index in [1.165, 1.54) is 16.7 Å². The second-order valence-electron chi connectivity index (χ2n) is 9.55. The number of carbonyl (C=O) groups is 1. The normalized spacial score (nSPS) is 18.2. The fourth-order valence-corrected chi connectivity index (χ4v) is 5.03. The first kappa shape index (κ1) is 20.2. The molecule has 4 aromatic rings. The van der Waals surface area contributed by atoms with Crippen molar-refractivity contribution in [1.82, 2.24) is 19.4 Å². The summed E-state index contributed by atoms with van der Waals surface area (Å²) in [5.41, 5.74) is 6.61. The molecule has 0 bridgehead atoms. The fraction of sp³-hybridized carbons (Fsp3) is 0.321. The zero-order chi connectivity index (χ0) is 22.4. The van der Waals surface area contributed by atoms with Gasteiger partial charge in [-0.2, -0.15) is 0 Å². The number of amides is 1. The number of pyridine rings is 1. The summed E-state index contributed by atoms with van der Waals surface area (Å²) < 4.78 is 2.31. The van der Waals surface area contributed by atoms with Crippen LogP contribution in [-0.4, -0.2) is 38.4 Å². The van der Waals surface area contributed by atoms with Gasteiger partial charge in [0.05, 0.1) is 5.52 Å². The highest BCUT2D eigenvalue weighted by molar-refractivity contribution is 5.81. The van der Waals surface area contributed by atoms with Gasteiger partial charge in [0.1, 0.15) is 5.82 Å². The highest BCUT2D eigenvalue weighted by Gasteiger charge is 2.36. The first-order valence-electron chi connectivity index (χ1n) is 11.9. The van der Waals surface area contributed by atoms with Crippen molar-refractivity contribution < 1.29 is 4.79 Å². The molecule has 33 heavy (non-hydrogen) atoms. The van der Waals surface area contributed by atoms with Crippen LogP contribution in [0.25, 0.3) is 33.7 Å². The lowest BCUT2D eigenvalue weighted by Crippen LogP contribution is -2.30. The van der Waals surface area contributed by atoms with Crippen LogP contribution in [0.4, 0.5) is 0 Å². The number of hydrogen-bond donors (Lipinski definition) is 0. The predicted molar refractivity (Wildman–Crippen MR) is 131 cm³/mol. The quantitative estimate of drug-likeness (QED) is 0.425. The lowest BCUT2D eigenvalue weighted by Gasteiger charge is -2.17. The van der Waals surface area contributed by atoms with Crippen LogP contribution < -0.4 is 0 Å². The molecule has 1 aliphatic carbocycles. The van der Waals surface area contributed by atoms with Crippen LogP contribution in [0.15, 0.2) is 66.9 Å². The number of imidazole rings is 1. The van der Waals surface area contributed by atoms with Gasteiger partial charge in [0.25, 0.3) is 0 Å². The molecule has 5 nitrogen and oxygen atoms in total. The van der Waals surface area contributed by atoms with Gasteiger partial charge in [-0.15, -0.1) is 0 Å². The molecule has 0 N–H and O–H groups in total. The largest absolute Gasteiger partial charge is 0.342 e. The van der Waals surface area contributed by atoms with E-state index in [9.17, 15) is 4.79 Å². The summed E-state index contributed by atoms with van der Waals surface area (Å²) in [5.74, 6) is 2.05. The molecular weight excluding hydrogens is 408 g/mol. The summed E-state index contributed by atoms with van der Waals surface area (Å²) in [4.78, 5) is 24.0. The Morgan fingerprint density at radius 2 is 1.79 bits per heavy atom. The topological polar surface area (TPSA) is 51.0 Å². The minimum absolute atomic E-state index is 0.296. The smallest absolute Gasteiger partial charge is 0.225 e. The summed E-state index contributed by atoms with van der Waals surface area (Å²) >= 11 is 0. The molecule has 1 saturated carbocycles. The van der Waals surface area contributed by atoms with Crippen LogP contribution >= 0.6 is 0 Å². The van der Waals surface area contributed by atoms with E-state index in [0.29, 0.717) is 17.7 Å². The number of carbonyl (C=O) groups excluding carboxylic acids is 1. The fourth-order valence-electron chi connectivity index (χ4n) is 5.03. The van der Waals surface area contributed by atoms with E-state index in [1.54, 1.807) is 6.20 Å². The molecule has 2 fully saturated rings. The van der Waals surface area contributed by atoms with Gasteiger partial charge in [-0.3, -0.25) is 4.79 Å². The van der Waals surface area contributed by atoms with Crippen molar-refractivity contribution in [2.45, 2.75) is 32.7 Å². The van der Waals surface area contributed by atoms with E-state index in [-0.39, 0.29) is 0 Å². The van der Waals surface area contributed by atoms with Gasteiger partial charge in [-0.25, -0.2) is 9.97 Å². The molecular formula is C28H28N4O. The standard InChI is InChI=1S/C28H28N4O/c1-19-4-2-5-24(16-19)21-7-9-22(10-8-21)27-30-26-25(6-3-14-29-26)32(27)18-20-13-15-31(17-20)28(33)23-11-12-23/h2-10,14,16,20,23H,11-13,15,17-18H2,1H3. The number of hydrogen-bond acceptors (Lipinski definition) is 3. The van der Waals surface area contributed by atoms with Crippen molar-refractivity contribution in [3.63, 3.8) is 0 Å². The van der Waals surface area contributed by atoms with E-state index in [2.05, 4.69) is 76.0 Å². The lowest BCUT2D eigenvalue weighted by atomic mass is 10.0. The van der Waals surface area contributed by atoms with Crippen LogP contribution in [0.5, 0.6) is 0 Å². The first-order chi connectivity index (χ1) is 16.2. The van der Waals surface area contributed by atoms with Gasteiger partial charge in [0, 0.05) is 37.3 Å². The molecule has 1 amide bonds. The Morgan fingerprint density at radius 1 is 0.970 bits per heavy atom. The first-order valence-corrected chi connectivity index (χ1v) is 11.9. The second kappa shape index (κ2) is 8.14. The highest BCUT2D eigenvalue weighted by atomic mass is 16.2. The molecule has 0 radical (unpaired) electrons. The predicted octanol–water partition coefficient (Wildman–Crippen LogP) is 5.33. The average molecular weight is 437 g/mol. The Kier molecular flexibility index (Phi) is 4.97. The van der Waals surface area contributed by atoms with E-state index in [4.69, 9.17) is 4.98 Å². The van der Waals surface area contributed by atoms with Crippen molar-refractivity contribution in [3.8, 4) is 22.5 Å². The monoisotopic (exact) mass is 436 g/mol. The van der Waals surface area contributed by atoms with Gasteiger partial charge in [-0.1, -0.05) is 54.1 Å². The lowest BCUT2D eigenvalue weighted by molar-refractivity contribution is -0.131. The minimum Gasteiger partial charge on any atom is -0.342 e. The van der Waals surface area contributed by atoms with Crippen molar-refractivity contribution in [1.29, 1.82) is 0 Å². The molecule has 0 spiro atoms. The third kappa shape index (κ3) is 3.92. The van der Waals surface area contributed by atoms with Crippen molar-refractivity contribution in [3.05, 3.63) is 72.4 Å². The number of benzene rings is 2. The number of likely N-dealkylation sites (tertiary alicyclic amines) is 1. The average Bonchev–Trinajstić information content (AvgIpc) is 3.49. The Labute approximate surface area is 194 Å². The SMILES string of the molecule is Cc1cccc(-c2ccc(-c3nc4ncccc4n3CC3CCN(C(=O)C4CC4)C3)cc2)c1. The number of aromatic nitrogens is 3. The van der Waals surface area contributed by atoms with Crippen LogP contribution in [-0.2, 0) is 11.3 Å². The molecule has 1 unspecified atom stereocenters. The summed E-state index contributed by atoms with van der Waals surface area (Å²) in [6.45, 7) is 4.70. The summed E-state index contributed by atoms with van der Waals surface area (Å²) in [6, 6.07) is 21.3. The Balaban J connectivity index is 1.30. The third-order valence-corrected chi connectivity index (χ3v) is 6.98. The number of nitrogens with zero attached hydrogens (tertiary/aromatic N) is 4. The minimum atomic E-state index is 0.296. The maximum atomic E-state index is 12.5. The van der Waals surface area contributed by atoms with E-state index in [1.807, 2.05) is 6.07 Å². The molecule has 2 aliphatic rings. The van der Waals surface area contributed by atoms with Gasteiger partial charge in [-0.05, 0) is 55.4 Å². The maximum Gasteiger partial charge on any atom is 0.225 e. The molecule has 2 aromatic heterocycles. The van der Waals surface area contributed by atoms with E-state index < -0.39 is 0 Å². The van der Waals surface area contributed by atoms with Crippen molar-refractivity contribution in [2.24, 2.45) is 11.8 Å². The Bertz CT molecular complexity index is 1320. The molecule has 5 heteroatoms. The molecule has 2 aromatic carbocycles. The maximum absolute atomic E-state index is 12.5. The molecule has 3 heterocycles. The Hall–Kier alpha value is -3.47. The van der Waals surface area contributed by atoms with E-state index >= 15 is 0 Å². The number of fused-ring (bicyclic) bond motifs is 1. The summed E-state index contributed by atoms with van der Waals surface area (Å²) in [7, 11) is 0. The Morgan fingerprint density at radius 3 is 2.58 bits per heavy atom. The molecule has 166 valence electrons. The zero-order valence-electron chi connectivity index (χ0n) is 18.9. The van der Waals surface area contributed by atoms with Crippen LogP contribution in [0, 0.1) is 18.8 Å². The number of rotatable bonds is 5. The van der Waals surface area contributed by atoms with Crippen molar-refractivity contribution in [2.75, 3.05) is 13.1 Å². The third-order valence-electron chi connectivity index (χ3n) is 6.98. The van der Waals surface area contributed by atoms with Crippen LogP contribution in [0.2, 0.25) is 0 Å². The molecule has 1 saturated heterocycles. The van der Waals surface area contributed by atoms with Gasteiger partial charge < -0.3 is 9.47 Å². The molecule has 1 atom stereocenters. The highest BCUT2D eigenvalue weighted by Crippen LogP contribution is 2.34. The zero-order valence-corrected chi connectivity index (χ0v) is 18.9. The summed E-state index contributed by atoms with van der Waals surface area (Å²) in [6.07, 6.45) is 4.99. The molecule has 6 rings (SSSR count). The second-order valence-corrected chi connectivity index (χ2v) is 9.55. The van der Waals surface area contributed by atoms with Gasteiger partial charge in [0.2, 0.25) is 5.91 Å². The summed E-state index contributed by atoms with van der Waals surface area (Å²) in [5, 5.41) is 0. The van der Waals surface area contributed by atoms with Gasteiger partial charge in [0.15, 0.2) is 5.65 Å². The van der Waals surface area contributed by atoms with Crippen LogP contribution in [0.3, 0.4) is 0 Å².